The number of benzene rings is 1. The van der Waals surface area contributed by atoms with Crippen molar-refractivity contribution in [3.8, 4) is 0 Å². The Morgan fingerprint density at radius 3 is 2.38 bits per heavy atom. The lowest BCUT2D eigenvalue weighted by atomic mass is 10.0. The van der Waals surface area contributed by atoms with Gasteiger partial charge in [-0.2, -0.15) is 0 Å². The van der Waals surface area contributed by atoms with Gasteiger partial charge >= 0.3 is 0 Å². The van der Waals surface area contributed by atoms with E-state index in [1.54, 1.807) is 13.0 Å². The Morgan fingerprint density at radius 1 is 1.24 bits per heavy atom. The van der Waals surface area contributed by atoms with E-state index in [1.807, 2.05) is 0 Å². The van der Waals surface area contributed by atoms with Crippen LogP contribution in [0.15, 0.2) is 23.1 Å². The summed E-state index contributed by atoms with van der Waals surface area (Å²) in [5.74, 6) is 1.33. The van der Waals surface area contributed by atoms with Gasteiger partial charge in [0.1, 0.15) is 0 Å². The first kappa shape index (κ1) is 14.5. The van der Waals surface area contributed by atoms with Crippen LogP contribution >= 0.6 is 0 Å². The molecule has 2 fully saturated rings. The molecule has 0 spiro atoms. The number of sulfonamides is 1. The van der Waals surface area contributed by atoms with Gasteiger partial charge in [-0.1, -0.05) is 12.8 Å². The van der Waals surface area contributed by atoms with E-state index < -0.39 is 10.0 Å². The van der Waals surface area contributed by atoms with Crippen LogP contribution in [0.1, 0.15) is 31.2 Å². The van der Waals surface area contributed by atoms with Crippen LogP contribution in [0.3, 0.4) is 0 Å². The molecule has 6 heteroatoms. The molecule has 2 aliphatic carbocycles. The Hall–Kier alpha value is -1.40. The van der Waals surface area contributed by atoms with E-state index in [-0.39, 0.29) is 16.7 Å². The van der Waals surface area contributed by atoms with Crippen LogP contribution in [0.5, 0.6) is 0 Å². The zero-order valence-corrected chi connectivity index (χ0v) is 12.8. The number of hydrogen-bond donors (Lipinski definition) is 2. The molecular weight excluding hydrogens is 288 g/mol. The molecule has 21 heavy (non-hydrogen) atoms. The molecule has 2 aliphatic rings. The summed E-state index contributed by atoms with van der Waals surface area (Å²) in [7, 11) is -3.70. The Kier molecular flexibility index (Phi) is 3.53. The molecule has 1 amide bonds. The molecule has 1 aromatic carbocycles. The van der Waals surface area contributed by atoms with Gasteiger partial charge in [-0.25, -0.2) is 13.6 Å². The van der Waals surface area contributed by atoms with E-state index >= 15 is 0 Å². The van der Waals surface area contributed by atoms with Crippen molar-refractivity contribution in [3.63, 3.8) is 0 Å². The highest BCUT2D eigenvalue weighted by atomic mass is 32.2. The average Bonchev–Trinajstić information content (AvgIpc) is 3.14. The van der Waals surface area contributed by atoms with E-state index in [4.69, 9.17) is 5.14 Å². The predicted octanol–water partition coefficient (Wildman–Crippen LogP) is 2.02. The van der Waals surface area contributed by atoms with E-state index in [9.17, 15) is 13.2 Å². The number of aryl methyl sites for hydroxylation is 1. The zero-order chi connectivity index (χ0) is 15.2. The fourth-order valence-electron chi connectivity index (χ4n) is 3.55. The summed E-state index contributed by atoms with van der Waals surface area (Å²) in [5, 5.41) is 8.03. The molecule has 0 saturated heterocycles. The number of carbonyl (C=O) groups excluding carboxylic acids is 1. The molecule has 1 aromatic rings. The first-order valence-corrected chi connectivity index (χ1v) is 8.87. The number of fused-ring (bicyclic) bond motifs is 1. The minimum atomic E-state index is -3.70. The van der Waals surface area contributed by atoms with Crippen LogP contribution in [0.25, 0.3) is 0 Å². The van der Waals surface area contributed by atoms with Crippen molar-refractivity contribution in [2.24, 2.45) is 22.9 Å². The highest BCUT2D eigenvalue weighted by Gasteiger charge is 2.54. The van der Waals surface area contributed by atoms with Crippen molar-refractivity contribution in [2.75, 3.05) is 5.32 Å². The van der Waals surface area contributed by atoms with Crippen LogP contribution in [-0.4, -0.2) is 14.3 Å². The number of primary sulfonamides is 1. The standard InChI is InChI=1S/C15H20N2O3S/c1-9-8-10(21(16,19)20)6-7-13(9)17-15(18)14-11-4-2-3-5-12(11)14/h6-8,11-12,14H,2-5H2,1H3,(H,17,18)(H2,16,19,20). The lowest BCUT2D eigenvalue weighted by molar-refractivity contribution is -0.117. The summed E-state index contributed by atoms with van der Waals surface area (Å²) < 4.78 is 22.6. The summed E-state index contributed by atoms with van der Waals surface area (Å²) in [6.07, 6.45) is 4.78. The smallest absolute Gasteiger partial charge is 0.238 e. The van der Waals surface area contributed by atoms with Crippen LogP contribution in [-0.2, 0) is 14.8 Å². The minimum Gasteiger partial charge on any atom is -0.326 e. The predicted molar refractivity (Wildman–Crippen MR) is 80.1 cm³/mol. The van der Waals surface area contributed by atoms with Gasteiger partial charge in [0.25, 0.3) is 0 Å². The fraction of sp³-hybridized carbons (Fsp3) is 0.533. The molecular formula is C15H20N2O3S. The van der Waals surface area contributed by atoms with Crippen molar-refractivity contribution in [1.29, 1.82) is 0 Å². The Morgan fingerprint density at radius 2 is 1.86 bits per heavy atom. The molecule has 3 N–H and O–H groups in total. The van der Waals surface area contributed by atoms with Gasteiger partial charge in [0, 0.05) is 11.6 Å². The summed E-state index contributed by atoms with van der Waals surface area (Å²) in [6.45, 7) is 1.77. The van der Waals surface area contributed by atoms with E-state index in [0.29, 0.717) is 23.1 Å². The summed E-state index contributed by atoms with van der Waals surface area (Å²) in [5.41, 5.74) is 1.37. The first-order valence-electron chi connectivity index (χ1n) is 7.32. The number of amides is 1. The highest BCUT2D eigenvalue weighted by Crippen LogP contribution is 2.55. The monoisotopic (exact) mass is 308 g/mol. The number of nitrogens with one attached hydrogen (secondary N) is 1. The van der Waals surface area contributed by atoms with Crippen molar-refractivity contribution in [3.05, 3.63) is 23.8 Å². The van der Waals surface area contributed by atoms with Crippen molar-refractivity contribution in [2.45, 2.75) is 37.5 Å². The number of carbonyl (C=O) groups is 1. The molecule has 2 unspecified atom stereocenters. The lowest BCUT2D eigenvalue weighted by Crippen LogP contribution is -2.17. The number of hydrogen-bond acceptors (Lipinski definition) is 3. The van der Waals surface area contributed by atoms with Gasteiger partial charge in [0.2, 0.25) is 15.9 Å². The molecule has 3 rings (SSSR count). The van der Waals surface area contributed by atoms with Crippen molar-refractivity contribution < 1.29 is 13.2 Å². The summed E-state index contributed by atoms with van der Waals surface area (Å²) >= 11 is 0. The maximum absolute atomic E-state index is 12.3. The SMILES string of the molecule is Cc1cc(S(N)(=O)=O)ccc1NC(=O)C1C2CCCCC21. The second kappa shape index (κ2) is 5.10. The summed E-state index contributed by atoms with van der Waals surface area (Å²) in [6, 6.07) is 4.53. The molecule has 0 aromatic heterocycles. The topological polar surface area (TPSA) is 89.3 Å². The average molecular weight is 308 g/mol. The van der Waals surface area contributed by atoms with Gasteiger partial charge in [-0.15, -0.1) is 0 Å². The zero-order valence-electron chi connectivity index (χ0n) is 12.0. The lowest BCUT2D eigenvalue weighted by Gasteiger charge is -2.09. The maximum Gasteiger partial charge on any atom is 0.238 e. The number of rotatable bonds is 3. The minimum absolute atomic E-state index is 0.0677. The van der Waals surface area contributed by atoms with Crippen molar-refractivity contribution >= 4 is 21.6 Å². The highest BCUT2D eigenvalue weighted by molar-refractivity contribution is 7.89. The van der Waals surface area contributed by atoms with Gasteiger partial charge in [-0.05, 0) is 55.4 Å². The first-order chi connectivity index (χ1) is 9.88. The molecule has 5 nitrogen and oxygen atoms in total. The van der Waals surface area contributed by atoms with Gasteiger partial charge in [0.15, 0.2) is 0 Å². The third kappa shape index (κ3) is 2.82. The Balaban J connectivity index is 1.72. The van der Waals surface area contributed by atoms with Gasteiger partial charge in [0.05, 0.1) is 4.90 Å². The molecule has 114 valence electrons. The van der Waals surface area contributed by atoms with Crippen LogP contribution in [0, 0.1) is 24.7 Å². The van der Waals surface area contributed by atoms with Crippen LogP contribution in [0.4, 0.5) is 5.69 Å². The van der Waals surface area contributed by atoms with E-state index in [0.717, 1.165) is 12.8 Å². The second-order valence-electron chi connectivity index (χ2n) is 6.15. The molecule has 2 saturated carbocycles. The third-order valence-corrected chi connectivity index (χ3v) is 5.65. The molecule has 0 aliphatic heterocycles. The Bertz CT molecular complexity index is 672. The Labute approximate surface area is 125 Å². The molecule has 0 radical (unpaired) electrons. The van der Waals surface area contributed by atoms with Gasteiger partial charge in [-0.3, -0.25) is 4.79 Å². The van der Waals surface area contributed by atoms with Gasteiger partial charge < -0.3 is 5.32 Å². The molecule has 2 atom stereocenters. The fourth-order valence-corrected chi connectivity index (χ4v) is 4.15. The van der Waals surface area contributed by atoms with Crippen molar-refractivity contribution in [1.82, 2.24) is 0 Å². The van der Waals surface area contributed by atoms with Crippen LogP contribution in [0.2, 0.25) is 0 Å². The van der Waals surface area contributed by atoms with Crippen LogP contribution < -0.4 is 10.5 Å². The summed E-state index contributed by atoms with van der Waals surface area (Å²) in [4.78, 5) is 12.4. The third-order valence-electron chi connectivity index (χ3n) is 4.74. The second-order valence-corrected chi connectivity index (χ2v) is 7.71. The number of nitrogens with two attached hydrogens (primary N) is 1. The maximum atomic E-state index is 12.3. The normalized spacial score (nSPS) is 27.8. The largest absolute Gasteiger partial charge is 0.326 e. The van der Waals surface area contributed by atoms with E-state index in [2.05, 4.69) is 5.32 Å². The quantitative estimate of drug-likeness (QED) is 0.895. The van der Waals surface area contributed by atoms with E-state index in [1.165, 1.54) is 25.0 Å². The number of anilines is 1. The molecule has 0 heterocycles. The molecule has 0 bridgehead atoms.